The molecule has 2 heterocycles. The van der Waals surface area contributed by atoms with Gasteiger partial charge in [0.1, 0.15) is 5.60 Å². The fourth-order valence-electron chi connectivity index (χ4n) is 8.11. The third kappa shape index (κ3) is 5.13. The molecule has 1 aromatic rings. The number of rotatable bonds is 6. The number of ether oxygens (including phenoxy) is 2. The highest BCUT2D eigenvalue weighted by Crippen LogP contribution is 2.70. The summed E-state index contributed by atoms with van der Waals surface area (Å²) >= 11 is 0. The first-order chi connectivity index (χ1) is 19.1. The molecule has 41 heavy (non-hydrogen) atoms. The first-order valence-electron chi connectivity index (χ1n) is 14.5. The van der Waals surface area contributed by atoms with E-state index in [4.69, 9.17) is 9.47 Å². The number of esters is 1. The molecule has 2 saturated carbocycles. The number of carbonyl (C=O) groups excluding carboxylic acids is 3. The van der Waals surface area contributed by atoms with Crippen molar-refractivity contribution in [3.63, 3.8) is 0 Å². The number of hydrogen-bond acceptors (Lipinski definition) is 8. The standard InChI is InChI=1S/C30H43N3O7S/c1-28(2,3)40-27(36)32-21(14-18-10-8-7-9-11-18)24-20(26(35)39-6)16-22(31-24)25(34)33-23-15-19-12-13-30(23,29(19,4)5)17-41(33,37)38/h7-11,19-24,31H,12-17H2,1-6H3,(H,32,36)/t19-,20-,21+,22+,23-,24-,30-/m1/s1. The summed E-state index contributed by atoms with van der Waals surface area (Å²) in [7, 11) is -2.54. The Labute approximate surface area is 242 Å². The van der Waals surface area contributed by atoms with E-state index in [0.717, 1.165) is 22.7 Å². The Balaban J connectivity index is 1.43. The SMILES string of the molecule is COC(=O)[C@@H]1C[C@@H](C(=O)N2[C@@H]3C[C@H]4CC[C@]3(CS2(=O)=O)C4(C)C)N[C@H]1[C@H](Cc1ccccc1)NC(=O)OC(C)(C)C. The minimum atomic E-state index is -3.83. The van der Waals surface area contributed by atoms with Crippen LogP contribution in [0.5, 0.6) is 0 Å². The van der Waals surface area contributed by atoms with E-state index in [1.165, 1.54) is 7.11 Å². The van der Waals surface area contributed by atoms with Gasteiger partial charge in [0.2, 0.25) is 10.0 Å². The van der Waals surface area contributed by atoms with E-state index in [2.05, 4.69) is 24.5 Å². The van der Waals surface area contributed by atoms with Gasteiger partial charge in [-0.15, -0.1) is 0 Å². The van der Waals surface area contributed by atoms with Crippen LogP contribution in [0.15, 0.2) is 30.3 Å². The van der Waals surface area contributed by atoms with Crippen molar-refractivity contribution >= 4 is 28.0 Å². The fourth-order valence-corrected chi connectivity index (χ4v) is 10.7. The van der Waals surface area contributed by atoms with E-state index in [9.17, 15) is 22.8 Å². The molecule has 4 fully saturated rings. The zero-order valence-electron chi connectivity index (χ0n) is 24.8. The highest BCUT2D eigenvalue weighted by Gasteiger charge is 2.72. The van der Waals surface area contributed by atoms with E-state index in [1.807, 2.05) is 30.3 Å². The van der Waals surface area contributed by atoms with E-state index >= 15 is 0 Å². The largest absolute Gasteiger partial charge is 0.469 e. The van der Waals surface area contributed by atoms with Gasteiger partial charge in [0.05, 0.1) is 36.9 Å². The van der Waals surface area contributed by atoms with E-state index < -0.39 is 63.1 Å². The van der Waals surface area contributed by atoms with E-state index in [1.54, 1.807) is 20.8 Å². The average molecular weight is 590 g/mol. The van der Waals surface area contributed by atoms with Crippen LogP contribution in [0, 0.1) is 22.7 Å². The number of nitrogens with zero attached hydrogens (tertiary/aromatic N) is 1. The Bertz CT molecular complexity index is 1310. The fraction of sp³-hybridized carbons (Fsp3) is 0.700. The maximum atomic E-state index is 14.1. The predicted molar refractivity (Wildman–Crippen MR) is 152 cm³/mol. The molecule has 2 aliphatic carbocycles. The molecule has 5 rings (SSSR count). The lowest BCUT2D eigenvalue weighted by Crippen LogP contribution is -2.56. The van der Waals surface area contributed by atoms with Gasteiger partial charge in [-0.25, -0.2) is 17.5 Å². The van der Waals surface area contributed by atoms with Gasteiger partial charge in [0.25, 0.3) is 5.91 Å². The zero-order chi connectivity index (χ0) is 30.0. The average Bonchev–Trinajstić information content (AvgIpc) is 3.55. The quantitative estimate of drug-likeness (QED) is 0.485. The second-order valence-electron chi connectivity index (χ2n) is 13.8. The summed E-state index contributed by atoms with van der Waals surface area (Å²) in [6, 6.07) is 6.87. The van der Waals surface area contributed by atoms with Crippen LogP contribution in [0.4, 0.5) is 4.79 Å². The normalized spacial score (nSPS) is 33.7. The third-order valence-electron chi connectivity index (χ3n) is 10.2. The van der Waals surface area contributed by atoms with Gasteiger partial charge in [-0.1, -0.05) is 44.2 Å². The van der Waals surface area contributed by atoms with Crippen molar-refractivity contribution in [2.24, 2.45) is 22.7 Å². The Morgan fingerprint density at radius 1 is 1.15 bits per heavy atom. The molecule has 226 valence electrons. The molecule has 0 radical (unpaired) electrons. The van der Waals surface area contributed by atoms with Crippen LogP contribution in [-0.2, 0) is 35.5 Å². The summed E-state index contributed by atoms with van der Waals surface area (Å²) in [5.41, 5.74) is -0.431. The molecular weight excluding hydrogens is 546 g/mol. The summed E-state index contributed by atoms with van der Waals surface area (Å²) < 4.78 is 38.9. The first-order valence-corrected chi connectivity index (χ1v) is 16.1. The second-order valence-corrected chi connectivity index (χ2v) is 15.7. The number of alkyl carbamates (subject to hydrolysis) is 1. The van der Waals surface area contributed by atoms with Crippen molar-refractivity contribution in [2.45, 2.75) is 96.5 Å². The molecule has 0 unspecified atom stereocenters. The Kier molecular flexibility index (Phi) is 7.46. The van der Waals surface area contributed by atoms with Gasteiger partial charge in [0, 0.05) is 11.5 Å². The Hall–Kier alpha value is -2.66. The number of nitrogens with one attached hydrogen (secondary N) is 2. The molecule has 2 bridgehead atoms. The molecule has 4 aliphatic rings. The van der Waals surface area contributed by atoms with Crippen molar-refractivity contribution in [1.82, 2.24) is 14.9 Å². The van der Waals surface area contributed by atoms with Crippen molar-refractivity contribution < 1.29 is 32.3 Å². The van der Waals surface area contributed by atoms with Crippen molar-refractivity contribution in [3.8, 4) is 0 Å². The number of hydrogen-bond donors (Lipinski definition) is 2. The summed E-state index contributed by atoms with van der Waals surface area (Å²) in [5.74, 6) is -1.48. The van der Waals surface area contributed by atoms with E-state index in [0.29, 0.717) is 18.8 Å². The topological polar surface area (TPSA) is 131 Å². The lowest BCUT2D eigenvalue weighted by atomic mass is 9.69. The smallest absolute Gasteiger partial charge is 0.407 e. The molecule has 1 spiro atoms. The van der Waals surface area contributed by atoms with Gasteiger partial charge in [0.15, 0.2) is 0 Å². The van der Waals surface area contributed by atoms with Crippen LogP contribution in [0.1, 0.15) is 65.9 Å². The lowest BCUT2D eigenvalue weighted by Gasteiger charge is -2.37. The number of methoxy groups -OCH3 is 1. The number of carbonyl (C=O) groups is 3. The van der Waals surface area contributed by atoms with Crippen molar-refractivity contribution in [1.29, 1.82) is 0 Å². The first kappa shape index (κ1) is 29.8. The van der Waals surface area contributed by atoms with Gasteiger partial charge in [-0.3, -0.25) is 9.59 Å². The van der Waals surface area contributed by atoms with Crippen molar-refractivity contribution in [2.75, 3.05) is 12.9 Å². The maximum absolute atomic E-state index is 14.1. The van der Waals surface area contributed by atoms with Gasteiger partial charge in [-0.2, -0.15) is 0 Å². The minimum absolute atomic E-state index is 0.0205. The maximum Gasteiger partial charge on any atom is 0.407 e. The highest BCUT2D eigenvalue weighted by atomic mass is 32.2. The third-order valence-corrected chi connectivity index (χ3v) is 12.1. The van der Waals surface area contributed by atoms with Gasteiger partial charge in [-0.05, 0) is 69.8 Å². The van der Waals surface area contributed by atoms with Gasteiger partial charge < -0.3 is 20.1 Å². The zero-order valence-corrected chi connectivity index (χ0v) is 25.6. The number of sulfonamides is 1. The van der Waals surface area contributed by atoms with Crippen LogP contribution >= 0.6 is 0 Å². The number of benzene rings is 1. The molecular formula is C30H43N3O7S. The predicted octanol–water partition coefficient (Wildman–Crippen LogP) is 3.01. The molecule has 7 atom stereocenters. The second kappa shape index (κ2) is 10.3. The summed E-state index contributed by atoms with van der Waals surface area (Å²) in [6.45, 7) is 9.57. The molecule has 2 amide bonds. The summed E-state index contributed by atoms with van der Waals surface area (Å²) in [4.78, 5) is 40.0. The highest BCUT2D eigenvalue weighted by molar-refractivity contribution is 7.90. The molecule has 0 aromatic heterocycles. The van der Waals surface area contributed by atoms with Crippen LogP contribution in [-0.4, -0.2) is 73.3 Å². The van der Waals surface area contributed by atoms with Crippen molar-refractivity contribution in [3.05, 3.63) is 35.9 Å². The molecule has 2 aliphatic heterocycles. The molecule has 2 N–H and O–H groups in total. The van der Waals surface area contributed by atoms with E-state index in [-0.39, 0.29) is 23.6 Å². The number of fused-ring (bicyclic) bond motifs is 1. The summed E-state index contributed by atoms with van der Waals surface area (Å²) in [5, 5.41) is 6.19. The molecule has 1 aromatic carbocycles. The molecule has 10 nitrogen and oxygen atoms in total. The van der Waals surface area contributed by atoms with Crippen LogP contribution in [0.2, 0.25) is 0 Å². The van der Waals surface area contributed by atoms with Crippen LogP contribution in [0.25, 0.3) is 0 Å². The Morgan fingerprint density at radius 2 is 1.83 bits per heavy atom. The van der Waals surface area contributed by atoms with Crippen LogP contribution < -0.4 is 10.6 Å². The lowest BCUT2D eigenvalue weighted by molar-refractivity contribution is -0.146. The Morgan fingerprint density at radius 3 is 2.44 bits per heavy atom. The number of amides is 2. The monoisotopic (exact) mass is 589 g/mol. The minimum Gasteiger partial charge on any atom is -0.469 e. The van der Waals surface area contributed by atoms with Gasteiger partial charge >= 0.3 is 12.1 Å². The summed E-state index contributed by atoms with van der Waals surface area (Å²) in [6.07, 6.45) is 2.22. The molecule has 11 heteroatoms. The molecule has 2 saturated heterocycles. The van der Waals surface area contributed by atoms with Crippen LogP contribution in [0.3, 0.4) is 0 Å².